The molecule has 0 spiro atoms. The zero-order valence-corrected chi connectivity index (χ0v) is 18.1. The Morgan fingerprint density at radius 1 is 0.594 bits per heavy atom. The molecule has 0 saturated heterocycles. The largest absolute Gasteiger partial charge is 0.507 e. The predicted octanol–water partition coefficient (Wildman–Crippen LogP) is 6.98. The number of aromatic hydroxyl groups is 2. The van der Waals surface area contributed by atoms with Crippen LogP contribution in [0.15, 0.2) is 60.7 Å². The number of unbranched alkanes of at least 4 members (excludes halogenated alkanes) is 2. The number of phenolic OH excluding ortho intramolecular Hbond substituents is 2. The maximum Gasteiger partial charge on any atom is 0.126 e. The van der Waals surface area contributed by atoms with E-state index in [4.69, 9.17) is 12.8 Å². The summed E-state index contributed by atoms with van der Waals surface area (Å²) >= 11 is 0. The molecule has 0 heterocycles. The van der Waals surface area contributed by atoms with E-state index >= 15 is 0 Å². The van der Waals surface area contributed by atoms with Gasteiger partial charge in [0.25, 0.3) is 0 Å². The van der Waals surface area contributed by atoms with E-state index < -0.39 is 0 Å². The van der Waals surface area contributed by atoms with Crippen LogP contribution in [0.2, 0.25) is 0 Å². The SMILES string of the molecule is C#CCCCc1cc(-c2cc(CCCC#C)c(O)c3ccccc23)c2ccccc2c1O. The van der Waals surface area contributed by atoms with Gasteiger partial charge in [-0.2, -0.15) is 0 Å². The molecule has 4 rings (SSSR count). The van der Waals surface area contributed by atoms with Crippen LogP contribution in [0.25, 0.3) is 32.7 Å². The summed E-state index contributed by atoms with van der Waals surface area (Å²) < 4.78 is 0. The highest BCUT2D eigenvalue weighted by Crippen LogP contribution is 2.43. The number of benzene rings is 4. The number of terminal acetylenes is 2. The highest BCUT2D eigenvalue weighted by molar-refractivity contribution is 6.09. The van der Waals surface area contributed by atoms with Crippen molar-refractivity contribution in [3.63, 3.8) is 0 Å². The van der Waals surface area contributed by atoms with E-state index in [1.54, 1.807) is 0 Å². The Bertz CT molecular complexity index is 1260. The van der Waals surface area contributed by atoms with Gasteiger partial charge in [-0.25, -0.2) is 0 Å². The summed E-state index contributed by atoms with van der Waals surface area (Å²) in [4.78, 5) is 0. The lowest BCUT2D eigenvalue weighted by Gasteiger charge is -2.17. The Hall–Kier alpha value is -3.88. The van der Waals surface area contributed by atoms with Gasteiger partial charge in [0.05, 0.1) is 0 Å². The van der Waals surface area contributed by atoms with E-state index in [1.165, 1.54) is 0 Å². The topological polar surface area (TPSA) is 40.5 Å². The molecular weight excluding hydrogens is 392 g/mol. The molecule has 0 amide bonds. The van der Waals surface area contributed by atoms with Gasteiger partial charge in [-0.15, -0.1) is 24.7 Å². The molecule has 32 heavy (non-hydrogen) atoms. The third-order valence-corrected chi connectivity index (χ3v) is 6.01. The summed E-state index contributed by atoms with van der Waals surface area (Å²) in [5, 5.41) is 25.5. The van der Waals surface area contributed by atoms with Gasteiger partial charge < -0.3 is 10.2 Å². The van der Waals surface area contributed by atoms with Crippen LogP contribution >= 0.6 is 0 Å². The normalized spacial score (nSPS) is 10.8. The summed E-state index contributed by atoms with van der Waals surface area (Å²) in [5.41, 5.74) is 3.87. The van der Waals surface area contributed by atoms with E-state index in [0.29, 0.717) is 37.2 Å². The molecule has 2 nitrogen and oxygen atoms in total. The summed E-state index contributed by atoms with van der Waals surface area (Å²) in [7, 11) is 0. The van der Waals surface area contributed by atoms with Crippen LogP contribution in [-0.4, -0.2) is 10.2 Å². The number of fused-ring (bicyclic) bond motifs is 2. The van der Waals surface area contributed by atoms with Gasteiger partial charge in [-0.3, -0.25) is 0 Å². The van der Waals surface area contributed by atoms with Gasteiger partial charge in [0.15, 0.2) is 0 Å². The van der Waals surface area contributed by atoms with Crippen molar-refractivity contribution in [3.05, 3.63) is 71.8 Å². The Morgan fingerprint density at radius 3 is 1.34 bits per heavy atom. The monoisotopic (exact) mass is 418 g/mol. The molecule has 4 aromatic carbocycles. The number of aryl methyl sites for hydroxylation is 2. The fraction of sp³-hybridized carbons (Fsp3) is 0.200. The van der Waals surface area contributed by atoms with Crippen LogP contribution < -0.4 is 0 Å². The average Bonchev–Trinajstić information content (AvgIpc) is 2.83. The first-order valence-electron chi connectivity index (χ1n) is 11.0. The minimum absolute atomic E-state index is 0.318. The van der Waals surface area contributed by atoms with E-state index in [0.717, 1.165) is 56.6 Å². The van der Waals surface area contributed by atoms with Gasteiger partial charge in [0, 0.05) is 23.6 Å². The van der Waals surface area contributed by atoms with Crippen molar-refractivity contribution in [2.75, 3.05) is 0 Å². The maximum atomic E-state index is 11.0. The zero-order chi connectivity index (χ0) is 22.5. The molecule has 0 atom stereocenters. The minimum Gasteiger partial charge on any atom is -0.507 e. The second-order valence-corrected chi connectivity index (χ2v) is 8.07. The molecule has 0 aliphatic carbocycles. The lowest BCUT2D eigenvalue weighted by Crippen LogP contribution is -1.94. The first kappa shape index (κ1) is 21.4. The highest BCUT2D eigenvalue weighted by atomic mass is 16.3. The van der Waals surface area contributed by atoms with Gasteiger partial charge in [0.1, 0.15) is 11.5 Å². The van der Waals surface area contributed by atoms with Crippen LogP contribution in [0.3, 0.4) is 0 Å². The van der Waals surface area contributed by atoms with E-state index in [1.807, 2.05) is 48.5 Å². The molecule has 2 heteroatoms. The van der Waals surface area contributed by atoms with Crippen molar-refractivity contribution < 1.29 is 10.2 Å². The van der Waals surface area contributed by atoms with Crippen molar-refractivity contribution in [2.45, 2.75) is 38.5 Å². The van der Waals surface area contributed by atoms with E-state index in [9.17, 15) is 10.2 Å². The molecule has 0 aromatic heterocycles. The summed E-state index contributed by atoms with van der Waals surface area (Å²) in [6.07, 6.45) is 15.3. The molecule has 0 unspecified atom stereocenters. The van der Waals surface area contributed by atoms with Crippen molar-refractivity contribution in [1.29, 1.82) is 0 Å². The third kappa shape index (κ3) is 4.01. The number of hydrogen-bond acceptors (Lipinski definition) is 2. The summed E-state index contributed by atoms with van der Waals surface area (Å²) in [6.45, 7) is 0. The standard InChI is InChI=1S/C30H26O2/c1-3-5-7-13-21-19-27(23-15-9-11-17-25(23)29(21)31)28-20-22(14-8-6-4-2)30(32)26-18-12-10-16-24(26)28/h1-2,9-12,15-20,31-32H,5-8,13-14H2. The second kappa shape index (κ2) is 9.51. The molecule has 0 aliphatic rings. The summed E-state index contributed by atoms with van der Waals surface area (Å²) in [6, 6.07) is 20.0. The van der Waals surface area contributed by atoms with Crippen molar-refractivity contribution in [2.24, 2.45) is 0 Å². The van der Waals surface area contributed by atoms with Crippen molar-refractivity contribution >= 4 is 21.5 Å². The van der Waals surface area contributed by atoms with Crippen LogP contribution in [0, 0.1) is 24.7 Å². The molecular formula is C30H26O2. The molecule has 0 saturated carbocycles. The Labute approximate surface area is 189 Å². The second-order valence-electron chi connectivity index (χ2n) is 8.07. The van der Waals surface area contributed by atoms with Gasteiger partial charge in [0.2, 0.25) is 0 Å². The number of hydrogen-bond donors (Lipinski definition) is 2. The van der Waals surface area contributed by atoms with Crippen LogP contribution in [0.4, 0.5) is 0 Å². The van der Waals surface area contributed by atoms with Gasteiger partial charge in [-0.05, 0) is 70.8 Å². The maximum absolute atomic E-state index is 11.0. The van der Waals surface area contributed by atoms with E-state index in [-0.39, 0.29) is 0 Å². The predicted molar refractivity (Wildman–Crippen MR) is 134 cm³/mol. The Morgan fingerprint density at radius 2 is 0.969 bits per heavy atom. The number of rotatable bonds is 7. The fourth-order valence-corrected chi connectivity index (χ4v) is 4.42. The fourth-order valence-electron chi connectivity index (χ4n) is 4.42. The molecule has 2 N–H and O–H groups in total. The lowest BCUT2D eigenvalue weighted by molar-refractivity contribution is 0.473. The zero-order valence-electron chi connectivity index (χ0n) is 18.1. The van der Waals surface area contributed by atoms with Crippen LogP contribution in [0.1, 0.15) is 36.8 Å². The molecule has 158 valence electrons. The summed E-state index contributed by atoms with van der Waals surface area (Å²) in [5.74, 6) is 6.00. The van der Waals surface area contributed by atoms with E-state index in [2.05, 4.69) is 24.0 Å². The number of phenols is 2. The van der Waals surface area contributed by atoms with Crippen LogP contribution in [0.5, 0.6) is 11.5 Å². The van der Waals surface area contributed by atoms with Crippen molar-refractivity contribution in [3.8, 4) is 47.3 Å². The van der Waals surface area contributed by atoms with Crippen molar-refractivity contribution in [1.82, 2.24) is 0 Å². The Balaban J connectivity index is 1.98. The molecule has 0 bridgehead atoms. The third-order valence-electron chi connectivity index (χ3n) is 6.01. The van der Waals surface area contributed by atoms with Crippen LogP contribution in [-0.2, 0) is 12.8 Å². The molecule has 0 radical (unpaired) electrons. The highest BCUT2D eigenvalue weighted by Gasteiger charge is 2.17. The smallest absolute Gasteiger partial charge is 0.126 e. The molecule has 0 fully saturated rings. The lowest BCUT2D eigenvalue weighted by atomic mass is 9.88. The quantitative estimate of drug-likeness (QED) is 0.251. The minimum atomic E-state index is 0.318. The molecule has 0 aliphatic heterocycles. The molecule has 4 aromatic rings. The first-order valence-corrected chi connectivity index (χ1v) is 11.0. The van der Waals surface area contributed by atoms with Gasteiger partial charge in [-0.1, -0.05) is 48.5 Å². The first-order chi connectivity index (χ1) is 15.7. The Kier molecular flexibility index (Phi) is 6.34. The average molecular weight is 419 g/mol. The van der Waals surface area contributed by atoms with Gasteiger partial charge >= 0.3 is 0 Å².